The van der Waals surface area contributed by atoms with Gasteiger partial charge in [-0.15, -0.1) is 5.11 Å². The summed E-state index contributed by atoms with van der Waals surface area (Å²) >= 11 is 0. The Labute approximate surface area is 101 Å². The Balaban J connectivity index is 2.28. The molecule has 0 saturated carbocycles. The zero-order valence-electron chi connectivity index (χ0n) is 9.44. The predicted octanol–water partition coefficient (Wildman–Crippen LogP) is -0.250. The van der Waals surface area contributed by atoms with Crippen LogP contribution in [0.4, 0.5) is 5.95 Å². The molecule has 2 rings (SSSR count). The van der Waals surface area contributed by atoms with Gasteiger partial charge in [0, 0.05) is 25.6 Å². The Morgan fingerprint density at radius 1 is 1.72 bits per heavy atom. The van der Waals surface area contributed by atoms with Crippen molar-refractivity contribution < 1.29 is 10.0 Å². The van der Waals surface area contributed by atoms with E-state index in [9.17, 15) is 10.1 Å². The molecule has 10 nitrogen and oxygen atoms in total. The summed E-state index contributed by atoms with van der Waals surface area (Å²) < 4.78 is 0. The van der Waals surface area contributed by atoms with Gasteiger partial charge in [-0.3, -0.25) is 20.3 Å². The Kier molecular flexibility index (Phi) is 2.93. The summed E-state index contributed by atoms with van der Waals surface area (Å²) in [5.41, 5.74) is 0.338. The van der Waals surface area contributed by atoms with Gasteiger partial charge in [-0.05, 0) is 0 Å². The van der Waals surface area contributed by atoms with E-state index in [1.54, 1.807) is 0 Å². The minimum absolute atomic E-state index is 0.156. The second kappa shape index (κ2) is 4.41. The van der Waals surface area contributed by atoms with Gasteiger partial charge in [-0.25, -0.2) is 4.98 Å². The molecule has 1 atom stereocenters. The van der Waals surface area contributed by atoms with E-state index >= 15 is 0 Å². The first kappa shape index (κ1) is 12.0. The number of aromatic nitrogens is 2. The van der Waals surface area contributed by atoms with Crippen molar-refractivity contribution >= 4 is 5.95 Å². The first-order chi connectivity index (χ1) is 8.60. The van der Waals surface area contributed by atoms with Crippen LogP contribution in [0, 0.1) is 10.1 Å². The lowest BCUT2D eigenvalue weighted by Crippen LogP contribution is -2.55. The molecule has 10 heteroatoms. The van der Waals surface area contributed by atoms with E-state index in [4.69, 9.17) is 5.11 Å². The second-order valence-corrected chi connectivity index (χ2v) is 3.50. The molecule has 0 radical (unpaired) electrons. The van der Waals surface area contributed by atoms with Crippen LogP contribution < -0.4 is 5.32 Å². The minimum atomic E-state index is -1.95. The molecule has 1 aromatic rings. The molecule has 0 fully saturated rings. The van der Waals surface area contributed by atoms with Crippen molar-refractivity contribution in [3.8, 4) is 0 Å². The van der Waals surface area contributed by atoms with Crippen LogP contribution in [0.2, 0.25) is 0 Å². The van der Waals surface area contributed by atoms with Gasteiger partial charge in [0.05, 0.1) is 17.2 Å². The summed E-state index contributed by atoms with van der Waals surface area (Å²) in [5, 5.41) is 30.0. The molecule has 0 spiro atoms. The van der Waals surface area contributed by atoms with Gasteiger partial charge < -0.3 is 10.1 Å². The molecule has 1 unspecified atom stereocenters. The fraction of sp³-hybridized carbons (Fsp3) is 0.375. The van der Waals surface area contributed by atoms with Crippen molar-refractivity contribution in [2.24, 2.45) is 10.2 Å². The van der Waals surface area contributed by atoms with Crippen molar-refractivity contribution in [2.75, 3.05) is 13.7 Å². The van der Waals surface area contributed by atoms with Gasteiger partial charge in [-0.1, -0.05) is 5.11 Å². The molecule has 0 aliphatic carbocycles. The topological polar surface area (TPSA) is 132 Å². The number of nitrogens with one attached hydrogen (secondary N) is 2. The molecule has 3 N–H and O–H groups in total. The molecule has 0 aromatic carbocycles. The van der Waals surface area contributed by atoms with Crippen LogP contribution in [-0.2, 0) is 0 Å². The standard InChI is InChI=1S/C8H11N7O3/c1-14-6(5-16)4-11-8(14,15(17)18)13-12-7-9-2-3-10-7/h2-4,11,16H,5H2,1H3,(H,9,10). The molecule has 0 amide bonds. The fourth-order valence-electron chi connectivity index (χ4n) is 1.46. The molecule has 2 heterocycles. The van der Waals surface area contributed by atoms with Gasteiger partial charge in [0.15, 0.2) is 0 Å². The maximum atomic E-state index is 11.2. The number of aliphatic hydroxyl groups is 1. The maximum Gasteiger partial charge on any atom is 0.497 e. The highest BCUT2D eigenvalue weighted by Gasteiger charge is 2.52. The van der Waals surface area contributed by atoms with Crippen molar-refractivity contribution in [1.29, 1.82) is 0 Å². The van der Waals surface area contributed by atoms with Crippen LogP contribution in [0.1, 0.15) is 0 Å². The third kappa shape index (κ3) is 1.78. The van der Waals surface area contributed by atoms with Crippen molar-refractivity contribution in [3.63, 3.8) is 0 Å². The molecule has 0 saturated heterocycles. The zero-order chi connectivity index (χ0) is 13.2. The van der Waals surface area contributed by atoms with Gasteiger partial charge in [-0.2, -0.15) is 0 Å². The van der Waals surface area contributed by atoms with Gasteiger partial charge in [0.1, 0.15) is 0 Å². The minimum Gasteiger partial charge on any atom is -0.390 e. The second-order valence-electron chi connectivity index (χ2n) is 3.50. The van der Waals surface area contributed by atoms with E-state index in [0.717, 1.165) is 0 Å². The van der Waals surface area contributed by atoms with E-state index in [-0.39, 0.29) is 12.6 Å². The number of imidazole rings is 1. The molecule has 1 aliphatic rings. The van der Waals surface area contributed by atoms with Crippen LogP contribution in [0.5, 0.6) is 0 Å². The lowest BCUT2D eigenvalue weighted by Gasteiger charge is -2.24. The van der Waals surface area contributed by atoms with E-state index in [0.29, 0.717) is 5.70 Å². The third-order valence-corrected chi connectivity index (χ3v) is 2.52. The molecule has 18 heavy (non-hydrogen) atoms. The number of nitro groups is 1. The van der Waals surface area contributed by atoms with E-state index in [2.05, 4.69) is 25.5 Å². The first-order valence-corrected chi connectivity index (χ1v) is 4.98. The number of aromatic amines is 1. The first-order valence-electron chi connectivity index (χ1n) is 4.98. The average Bonchev–Trinajstić information content (AvgIpc) is 2.95. The largest absolute Gasteiger partial charge is 0.497 e. The van der Waals surface area contributed by atoms with Crippen LogP contribution in [0.25, 0.3) is 0 Å². The quantitative estimate of drug-likeness (QED) is 0.385. The summed E-state index contributed by atoms with van der Waals surface area (Å²) in [7, 11) is 1.44. The highest BCUT2D eigenvalue weighted by Crippen LogP contribution is 2.25. The predicted molar refractivity (Wildman–Crippen MR) is 58.9 cm³/mol. The summed E-state index contributed by atoms with van der Waals surface area (Å²) in [6, 6.07) is 0. The Hall–Kier alpha value is -2.49. The van der Waals surface area contributed by atoms with Crippen LogP contribution in [0.15, 0.2) is 34.5 Å². The summed E-state index contributed by atoms with van der Waals surface area (Å²) in [6.07, 6.45) is 4.30. The number of azo groups is 1. The monoisotopic (exact) mass is 253 g/mol. The molecule has 0 bridgehead atoms. The summed E-state index contributed by atoms with van der Waals surface area (Å²) in [4.78, 5) is 18.1. The van der Waals surface area contributed by atoms with Crippen LogP contribution in [-0.4, -0.2) is 44.5 Å². The number of likely N-dealkylation sites (N-methyl/N-ethyl adjacent to an activating group) is 1. The molecular formula is C8H11N7O3. The Morgan fingerprint density at radius 3 is 3.00 bits per heavy atom. The lowest BCUT2D eigenvalue weighted by molar-refractivity contribution is -0.600. The smallest absolute Gasteiger partial charge is 0.390 e. The molecule has 1 aromatic heterocycles. The fourth-order valence-corrected chi connectivity index (χ4v) is 1.46. The number of rotatable bonds is 4. The van der Waals surface area contributed by atoms with Crippen LogP contribution in [0.3, 0.4) is 0 Å². The average molecular weight is 253 g/mol. The zero-order valence-corrected chi connectivity index (χ0v) is 9.44. The number of H-pyrrole nitrogens is 1. The van der Waals surface area contributed by atoms with E-state index in [1.165, 1.54) is 30.5 Å². The Bertz CT molecular complexity index is 497. The van der Waals surface area contributed by atoms with Gasteiger partial charge in [0.25, 0.3) is 0 Å². The van der Waals surface area contributed by atoms with E-state index in [1.807, 2.05) is 0 Å². The highest BCUT2D eigenvalue weighted by molar-refractivity contribution is 5.13. The van der Waals surface area contributed by atoms with Crippen molar-refractivity contribution in [1.82, 2.24) is 20.2 Å². The van der Waals surface area contributed by atoms with Crippen molar-refractivity contribution in [2.45, 2.75) is 5.91 Å². The van der Waals surface area contributed by atoms with E-state index < -0.39 is 10.8 Å². The summed E-state index contributed by atoms with van der Waals surface area (Å²) in [6.45, 7) is -0.338. The maximum absolute atomic E-state index is 11.2. The molecular weight excluding hydrogens is 242 g/mol. The highest BCUT2D eigenvalue weighted by atomic mass is 16.6. The van der Waals surface area contributed by atoms with Gasteiger partial charge in [0.2, 0.25) is 5.95 Å². The Morgan fingerprint density at radius 2 is 2.50 bits per heavy atom. The molecule has 1 aliphatic heterocycles. The normalized spacial score (nSPS) is 23.2. The number of nitrogens with zero attached hydrogens (tertiary/aromatic N) is 5. The molecule has 96 valence electrons. The third-order valence-electron chi connectivity index (χ3n) is 2.52. The van der Waals surface area contributed by atoms with Crippen LogP contribution >= 0.6 is 0 Å². The SMILES string of the molecule is CN1C(CO)=CNC1(N=Nc1ncc[nH]1)[N+](=O)[O-]. The number of aliphatic hydroxyl groups excluding tert-OH is 1. The lowest BCUT2D eigenvalue weighted by atomic mass is 10.4. The van der Waals surface area contributed by atoms with Gasteiger partial charge >= 0.3 is 5.91 Å². The number of hydrogen-bond acceptors (Lipinski definition) is 8. The number of hydrogen-bond donors (Lipinski definition) is 3. The summed E-state index contributed by atoms with van der Waals surface area (Å²) in [5.74, 6) is -1.80. The van der Waals surface area contributed by atoms with Crippen molar-refractivity contribution in [3.05, 3.63) is 34.4 Å².